The molecule has 1 rings (SSSR count). The molecule has 0 spiro atoms. The summed E-state index contributed by atoms with van der Waals surface area (Å²) in [6.45, 7) is 0.589. The first kappa shape index (κ1) is 6.13. The van der Waals surface area contributed by atoms with Gasteiger partial charge < -0.3 is 5.11 Å². The molecule has 1 amide bonds. The molecular weight excluding hydrogens is 118 g/mol. The normalized spacial score (nSPS) is 18.0. The highest BCUT2D eigenvalue weighted by Crippen LogP contribution is 2.03. The molecule has 1 aliphatic heterocycles. The standard InChI is InChI=1S/C6H8NO2/c8-6(9)7-4-2-1-3-5-7/h1-2,4H,3,5H2,(H,8,9). The van der Waals surface area contributed by atoms with Crippen molar-refractivity contribution in [2.45, 2.75) is 6.42 Å². The topological polar surface area (TPSA) is 40.5 Å². The first-order valence-corrected chi connectivity index (χ1v) is 2.80. The second-order valence-electron chi connectivity index (χ2n) is 1.84. The monoisotopic (exact) mass is 126 g/mol. The molecule has 0 aromatic carbocycles. The van der Waals surface area contributed by atoms with Gasteiger partial charge in [-0.1, -0.05) is 6.08 Å². The molecule has 3 nitrogen and oxygen atoms in total. The van der Waals surface area contributed by atoms with Gasteiger partial charge in [0.25, 0.3) is 0 Å². The Morgan fingerprint density at radius 1 is 1.67 bits per heavy atom. The van der Waals surface area contributed by atoms with E-state index in [1.807, 2.05) is 6.42 Å². The van der Waals surface area contributed by atoms with Crippen molar-refractivity contribution in [1.82, 2.24) is 4.90 Å². The second kappa shape index (κ2) is 2.53. The second-order valence-corrected chi connectivity index (χ2v) is 1.84. The van der Waals surface area contributed by atoms with Crippen LogP contribution in [0.4, 0.5) is 4.79 Å². The van der Waals surface area contributed by atoms with Crippen molar-refractivity contribution in [2.75, 3.05) is 6.54 Å². The number of rotatable bonds is 0. The van der Waals surface area contributed by atoms with Gasteiger partial charge in [-0.25, -0.2) is 4.79 Å². The number of carbonyl (C=O) groups is 1. The quantitative estimate of drug-likeness (QED) is 0.527. The number of amides is 1. The molecule has 0 atom stereocenters. The summed E-state index contributed by atoms with van der Waals surface area (Å²) in [4.78, 5) is 11.5. The molecule has 1 N–H and O–H groups in total. The zero-order chi connectivity index (χ0) is 6.69. The molecule has 0 bridgehead atoms. The Morgan fingerprint density at radius 3 is 2.78 bits per heavy atom. The Labute approximate surface area is 53.6 Å². The van der Waals surface area contributed by atoms with Crippen LogP contribution >= 0.6 is 0 Å². The fourth-order valence-corrected chi connectivity index (χ4v) is 0.709. The van der Waals surface area contributed by atoms with E-state index in [1.54, 1.807) is 12.3 Å². The van der Waals surface area contributed by atoms with Crippen molar-refractivity contribution in [3.05, 3.63) is 18.7 Å². The summed E-state index contributed by atoms with van der Waals surface area (Å²) < 4.78 is 0. The highest BCUT2D eigenvalue weighted by Gasteiger charge is 2.08. The van der Waals surface area contributed by atoms with Crippen LogP contribution in [0.25, 0.3) is 0 Å². The van der Waals surface area contributed by atoms with E-state index in [2.05, 4.69) is 0 Å². The van der Waals surface area contributed by atoms with Crippen molar-refractivity contribution in [1.29, 1.82) is 0 Å². The van der Waals surface area contributed by atoms with Crippen LogP contribution in [-0.2, 0) is 0 Å². The van der Waals surface area contributed by atoms with Gasteiger partial charge >= 0.3 is 6.09 Å². The average Bonchev–Trinajstić information content (AvgIpc) is 1.90. The van der Waals surface area contributed by atoms with Crippen LogP contribution in [0.5, 0.6) is 0 Å². The van der Waals surface area contributed by atoms with E-state index >= 15 is 0 Å². The molecule has 0 fully saturated rings. The Bertz CT molecular complexity index is 142. The molecule has 1 heterocycles. The molecular formula is C6H8NO2. The Hall–Kier alpha value is -0.990. The first-order chi connectivity index (χ1) is 4.30. The number of nitrogens with zero attached hydrogens (tertiary/aromatic N) is 1. The molecule has 0 saturated heterocycles. The zero-order valence-electron chi connectivity index (χ0n) is 4.95. The highest BCUT2D eigenvalue weighted by molar-refractivity contribution is 5.66. The Kier molecular flexibility index (Phi) is 1.72. The van der Waals surface area contributed by atoms with E-state index in [9.17, 15) is 4.79 Å². The van der Waals surface area contributed by atoms with Gasteiger partial charge in [-0.3, -0.25) is 4.90 Å². The smallest absolute Gasteiger partial charge is 0.411 e. The summed E-state index contributed by atoms with van der Waals surface area (Å²) in [6, 6.07) is 0. The van der Waals surface area contributed by atoms with Crippen molar-refractivity contribution >= 4 is 6.09 Å². The molecule has 9 heavy (non-hydrogen) atoms. The summed E-state index contributed by atoms with van der Waals surface area (Å²) in [7, 11) is 0. The minimum Gasteiger partial charge on any atom is -0.465 e. The van der Waals surface area contributed by atoms with Crippen molar-refractivity contribution in [2.24, 2.45) is 0 Å². The third kappa shape index (κ3) is 1.45. The minimum absolute atomic E-state index is 0.589. The minimum atomic E-state index is -0.876. The van der Waals surface area contributed by atoms with Crippen LogP contribution in [0, 0.1) is 6.42 Å². The zero-order valence-corrected chi connectivity index (χ0v) is 4.95. The molecule has 49 valence electrons. The van der Waals surface area contributed by atoms with Gasteiger partial charge in [-0.15, -0.1) is 0 Å². The Balaban J connectivity index is 2.50. The molecule has 0 aromatic rings. The first-order valence-electron chi connectivity index (χ1n) is 2.80. The molecule has 0 aliphatic carbocycles. The lowest BCUT2D eigenvalue weighted by atomic mass is 10.2. The van der Waals surface area contributed by atoms with Crippen LogP contribution < -0.4 is 0 Å². The van der Waals surface area contributed by atoms with Gasteiger partial charge in [0.1, 0.15) is 0 Å². The SMILES string of the molecule is O=C(O)N1C=C[CH]CC1. The summed E-state index contributed by atoms with van der Waals surface area (Å²) in [6.07, 6.45) is 5.20. The summed E-state index contributed by atoms with van der Waals surface area (Å²) in [5.74, 6) is 0. The number of carboxylic acid groups (broad SMARTS) is 1. The number of allylic oxidation sites excluding steroid dienone is 1. The highest BCUT2D eigenvalue weighted by atomic mass is 16.4. The lowest BCUT2D eigenvalue weighted by Crippen LogP contribution is -2.26. The summed E-state index contributed by atoms with van der Waals surface area (Å²) >= 11 is 0. The molecule has 1 aliphatic rings. The predicted molar refractivity (Wildman–Crippen MR) is 32.8 cm³/mol. The third-order valence-electron chi connectivity index (χ3n) is 1.18. The maximum Gasteiger partial charge on any atom is 0.411 e. The lowest BCUT2D eigenvalue weighted by Gasteiger charge is -2.16. The average molecular weight is 126 g/mol. The fraction of sp³-hybridized carbons (Fsp3) is 0.333. The van der Waals surface area contributed by atoms with Gasteiger partial charge in [-0.2, -0.15) is 0 Å². The van der Waals surface area contributed by atoms with E-state index in [0.29, 0.717) is 6.54 Å². The lowest BCUT2D eigenvalue weighted by molar-refractivity contribution is 0.162. The van der Waals surface area contributed by atoms with Gasteiger partial charge in [-0.05, 0) is 12.8 Å². The van der Waals surface area contributed by atoms with Crippen molar-refractivity contribution in [3.8, 4) is 0 Å². The van der Waals surface area contributed by atoms with E-state index in [4.69, 9.17) is 5.11 Å². The molecule has 1 radical (unpaired) electrons. The summed E-state index contributed by atoms with van der Waals surface area (Å²) in [5, 5.41) is 8.40. The van der Waals surface area contributed by atoms with Crippen molar-refractivity contribution in [3.63, 3.8) is 0 Å². The predicted octanol–water partition coefficient (Wildman–Crippen LogP) is 1.09. The molecule has 0 unspecified atom stereocenters. The van der Waals surface area contributed by atoms with E-state index < -0.39 is 6.09 Å². The van der Waals surface area contributed by atoms with Gasteiger partial charge in [0.05, 0.1) is 0 Å². The van der Waals surface area contributed by atoms with Gasteiger partial charge in [0, 0.05) is 12.7 Å². The van der Waals surface area contributed by atoms with Crippen LogP contribution in [0.1, 0.15) is 6.42 Å². The molecule has 0 saturated carbocycles. The van der Waals surface area contributed by atoms with Crippen LogP contribution in [0.2, 0.25) is 0 Å². The van der Waals surface area contributed by atoms with Gasteiger partial charge in [0.15, 0.2) is 0 Å². The molecule has 3 heteroatoms. The van der Waals surface area contributed by atoms with E-state index in [1.165, 1.54) is 4.90 Å². The van der Waals surface area contributed by atoms with Crippen molar-refractivity contribution < 1.29 is 9.90 Å². The molecule has 0 aromatic heterocycles. The fourth-order valence-electron chi connectivity index (χ4n) is 0.709. The van der Waals surface area contributed by atoms with Crippen LogP contribution in [-0.4, -0.2) is 22.6 Å². The summed E-state index contributed by atoms with van der Waals surface area (Å²) in [5.41, 5.74) is 0. The third-order valence-corrected chi connectivity index (χ3v) is 1.18. The van der Waals surface area contributed by atoms with Crippen LogP contribution in [0.3, 0.4) is 0 Å². The van der Waals surface area contributed by atoms with Gasteiger partial charge in [0.2, 0.25) is 0 Å². The van der Waals surface area contributed by atoms with E-state index in [-0.39, 0.29) is 0 Å². The van der Waals surface area contributed by atoms with Crippen LogP contribution in [0.15, 0.2) is 12.3 Å². The number of hydrogen-bond acceptors (Lipinski definition) is 1. The maximum atomic E-state index is 10.2. The van der Waals surface area contributed by atoms with E-state index in [0.717, 1.165) is 6.42 Å². The number of hydrogen-bond donors (Lipinski definition) is 1. The Morgan fingerprint density at radius 2 is 2.44 bits per heavy atom. The largest absolute Gasteiger partial charge is 0.465 e. The maximum absolute atomic E-state index is 10.2.